The van der Waals surface area contributed by atoms with Crippen molar-refractivity contribution < 1.29 is 8.42 Å². The van der Waals surface area contributed by atoms with E-state index in [2.05, 4.69) is 25.1 Å². The third-order valence-corrected chi connectivity index (χ3v) is 7.26. The molecule has 27 heavy (non-hydrogen) atoms. The highest BCUT2D eigenvalue weighted by Crippen LogP contribution is 2.33. The van der Waals surface area contributed by atoms with Gasteiger partial charge in [-0.3, -0.25) is 9.08 Å². The van der Waals surface area contributed by atoms with Crippen molar-refractivity contribution in [3.63, 3.8) is 0 Å². The lowest BCUT2D eigenvalue weighted by molar-refractivity contribution is 0.590. The van der Waals surface area contributed by atoms with Crippen molar-refractivity contribution in [1.82, 2.24) is 28.9 Å². The van der Waals surface area contributed by atoms with Gasteiger partial charge in [0, 0.05) is 31.2 Å². The van der Waals surface area contributed by atoms with E-state index in [0.717, 1.165) is 22.6 Å². The van der Waals surface area contributed by atoms with E-state index in [9.17, 15) is 8.42 Å². The third-order valence-electron chi connectivity index (χ3n) is 4.06. The average Bonchev–Trinajstić information content (AvgIpc) is 3.33. The second-order valence-electron chi connectivity index (χ2n) is 5.93. The first-order valence-corrected chi connectivity index (χ1v) is 10.3. The molecule has 0 bridgehead atoms. The van der Waals surface area contributed by atoms with Gasteiger partial charge in [0.25, 0.3) is 0 Å². The zero-order valence-electron chi connectivity index (χ0n) is 14.8. The number of sulfonamides is 1. The summed E-state index contributed by atoms with van der Waals surface area (Å²) >= 11 is 1.15. The summed E-state index contributed by atoms with van der Waals surface area (Å²) in [5, 5.41) is 8.06. The number of nitrogens with one attached hydrogen (secondary N) is 2. The minimum absolute atomic E-state index is 0.277. The Labute approximate surface area is 159 Å². The summed E-state index contributed by atoms with van der Waals surface area (Å²) < 4.78 is 30.5. The van der Waals surface area contributed by atoms with E-state index in [4.69, 9.17) is 0 Å². The Kier molecular flexibility index (Phi) is 4.21. The molecule has 0 amide bonds. The van der Waals surface area contributed by atoms with Gasteiger partial charge in [0.2, 0.25) is 10.0 Å². The zero-order valence-corrected chi connectivity index (χ0v) is 16.5. The quantitative estimate of drug-likeness (QED) is 0.529. The maximum absolute atomic E-state index is 12.1. The van der Waals surface area contributed by atoms with Crippen LogP contribution < -0.4 is 10.0 Å². The van der Waals surface area contributed by atoms with Crippen LogP contribution in [0, 0.1) is 6.92 Å². The molecule has 9 nitrogen and oxygen atoms in total. The highest BCUT2D eigenvalue weighted by molar-refractivity contribution is 7.91. The smallest absolute Gasteiger partial charge is 0.250 e. The first-order chi connectivity index (χ1) is 12.9. The van der Waals surface area contributed by atoms with E-state index >= 15 is 0 Å². The summed E-state index contributed by atoms with van der Waals surface area (Å²) in [5.41, 5.74) is 3.14. The molecule has 0 radical (unpaired) electrons. The van der Waals surface area contributed by atoms with Crippen LogP contribution in [0.1, 0.15) is 5.56 Å². The molecule has 4 aromatic rings. The second-order valence-corrected chi connectivity index (χ2v) is 9.06. The van der Waals surface area contributed by atoms with Crippen molar-refractivity contribution in [2.45, 2.75) is 11.1 Å². The van der Waals surface area contributed by atoms with Crippen molar-refractivity contribution in [2.24, 2.45) is 7.05 Å². The highest BCUT2D eigenvalue weighted by Gasteiger charge is 2.19. The van der Waals surface area contributed by atoms with Crippen molar-refractivity contribution in [2.75, 3.05) is 12.4 Å². The van der Waals surface area contributed by atoms with E-state index in [1.165, 1.54) is 7.05 Å². The SMILES string of the molecule is CNS(=O)(=O)c1sc(Nc2nccn3c(-c4cnn(C)c4)cnc23)cc1C. The van der Waals surface area contributed by atoms with E-state index in [-0.39, 0.29) is 4.21 Å². The van der Waals surface area contributed by atoms with Crippen molar-refractivity contribution in [3.05, 3.63) is 42.6 Å². The fraction of sp³-hybridized carbons (Fsp3) is 0.188. The molecule has 4 aromatic heterocycles. The average molecular weight is 403 g/mol. The van der Waals surface area contributed by atoms with Crippen LogP contribution in [0.2, 0.25) is 0 Å². The van der Waals surface area contributed by atoms with Crippen LogP contribution >= 0.6 is 11.3 Å². The molecule has 0 spiro atoms. The van der Waals surface area contributed by atoms with Crippen molar-refractivity contribution >= 4 is 37.8 Å². The van der Waals surface area contributed by atoms with Gasteiger partial charge in [0.1, 0.15) is 4.21 Å². The van der Waals surface area contributed by atoms with Crippen LogP contribution in [-0.4, -0.2) is 39.6 Å². The normalized spacial score (nSPS) is 12.0. The van der Waals surface area contributed by atoms with E-state index in [1.807, 2.05) is 23.8 Å². The Hall–Kier alpha value is -2.76. The van der Waals surface area contributed by atoms with Gasteiger partial charge in [-0.25, -0.2) is 23.1 Å². The Morgan fingerprint density at radius 3 is 2.74 bits per heavy atom. The van der Waals surface area contributed by atoms with Gasteiger partial charge in [-0.2, -0.15) is 5.10 Å². The lowest BCUT2D eigenvalue weighted by Crippen LogP contribution is -2.17. The number of hydrogen-bond donors (Lipinski definition) is 2. The molecule has 2 N–H and O–H groups in total. The monoisotopic (exact) mass is 403 g/mol. The van der Waals surface area contributed by atoms with Gasteiger partial charge in [-0.05, 0) is 25.6 Å². The Morgan fingerprint density at radius 1 is 1.22 bits per heavy atom. The lowest BCUT2D eigenvalue weighted by atomic mass is 10.3. The molecule has 0 aliphatic rings. The lowest BCUT2D eigenvalue weighted by Gasteiger charge is -2.05. The predicted octanol–water partition coefficient (Wildman–Crippen LogP) is 2.15. The molecule has 0 aliphatic heterocycles. The summed E-state index contributed by atoms with van der Waals surface area (Å²) in [6.45, 7) is 1.76. The van der Waals surface area contributed by atoms with Gasteiger partial charge in [-0.1, -0.05) is 0 Å². The maximum Gasteiger partial charge on any atom is 0.250 e. The number of hydrogen-bond acceptors (Lipinski definition) is 7. The zero-order chi connectivity index (χ0) is 19.2. The number of imidazole rings is 1. The standard InChI is InChI=1S/C16H17N7O2S2/c1-10-6-13(26-16(10)27(24,25)17-2)21-14-15-19-8-12(23(15)5-4-18-14)11-7-20-22(3)9-11/h4-9,17H,1-3H3,(H,18,21). The van der Waals surface area contributed by atoms with Crippen LogP contribution in [0.3, 0.4) is 0 Å². The third kappa shape index (κ3) is 3.09. The minimum atomic E-state index is -3.49. The first kappa shape index (κ1) is 17.6. The van der Waals surface area contributed by atoms with Gasteiger partial charge in [0.15, 0.2) is 11.5 Å². The van der Waals surface area contributed by atoms with E-state index in [1.54, 1.807) is 36.3 Å². The molecule has 0 saturated carbocycles. The topological polar surface area (TPSA) is 106 Å². The van der Waals surface area contributed by atoms with Crippen LogP contribution in [0.25, 0.3) is 16.9 Å². The van der Waals surface area contributed by atoms with Crippen LogP contribution in [-0.2, 0) is 17.1 Å². The summed E-state index contributed by atoms with van der Waals surface area (Å²) in [5.74, 6) is 0.544. The number of thiophene rings is 1. The molecule has 0 fully saturated rings. The number of aromatic nitrogens is 5. The van der Waals surface area contributed by atoms with Gasteiger partial charge in [0.05, 0.1) is 23.1 Å². The molecule has 140 valence electrons. The molecular formula is C16H17N7O2S2. The Balaban J connectivity index is 1.74. The number of nitrogens with zero attached hydrogens (tertiary/aromatic N) is 5. The molecule has 4 rings (SSSR count). The number of anilines is 2. The molecule has 0 atom stereocenters. The molecule has 11 heteroatoms. The minimum Gasteiger partial charge on any atom is -0.329 e. The summed E-state index contributed by atoms with van der Waals surface area (Å²) in [6, 6.07) is 1.78. The maximum atomic E-state index is 12.1. The summed E-state index contributed by atoms with van der Waals surface area (Å²) in [4.78, 5) is 8.83. The van der Waals surface area contributed by atoms with Crippen LogP contribution in [0.5, 0.6) is 0 Å². The van der Waals surface area contributed by atoms with E-state index < -0.39 is 10.0 Å². The van der Waals surface area contributed by atoms with Crippen LogP contribution in [0.4, 0.5) is 10.8 Å². The molecule has 4 heterocycles. The van der Waals surface area contributed by atoms with Crippen molar-refractivity contribution in [1.29, 1.82) is 0 Å². The molecule has 0 saturated heterocycles. The van der Waals surface area contributed by atoms with Crippen LogP contribution in [0.15, 0.2) is 41.3 Å². The summed E-state index contributed by atoms with van der Waals surface area (Å²) in [7, 11) is -0.239. The first-order valence-electron chi connectivity index (χ1n) is 8.01. The fourth-order valence-electron chi connectivity index (χ4n) is 2.78. The van der Waals surface area contributed by atoms with Gasteiger partial charge in [-0.15, -0.1) is 11.3 Å². The molecule has 0 aliphatic carbocycles. The van der Waals surface area contributed by atoms with E-state index in [0.29, 0.717) is 22.0 Å². The largest absolute Gasteiger partial charge is 0.329 e. The predicted molar refractivity (Wildman–Crippen MR) is 104 cm³/mol. The number of rotatable bonds is 5. The molecular weight excluding hydrogens is 386 g/mol. The highest BCUT2D eigenvalue weighted by atomic mass is 32.2. The number of fused-ring (bicyclic) bond motifs is 1. The second kappa shape index (κ2) is 6.44. The fourth-order valence-corrected chi connectivity index (χ4v) is 5.21. The Bertz CT molecular complexity index is 1240. The Morgan fingerprint density at radius 2 is 2.04 bits per heavy atom. The van der Waals surface area contributed by atoms with Crippen molar-refractivity contribution in [3.8, 4) is 11.3 Å². The van der Waals surface area contributed by atoms with Gasteiger partial charge < -0.3 is 5.32 Å². The molecule has 0 aromatic carbocycles. The summed E-state index contributed by atoms with van der Waals surface area (Å²) in [6.07, 6.45) is 8.94. The molecule has 0 unspecified atom stereocenters. The van der Waals surface area contributed by atoms with Gasteiger partial charge >= 0.3 is 0 Å². The number of aryl methyl sites for hydroxylation is 2.